The van der Waals surface area contributed by atoms with Gasteiger partial charge in [0.05, 0.1) is 19.6 Å². The largest absolute Gasteiger partial charge is 0.469 e. The second-order valence-corrected chi connectivity index (χ2v) is 4.14. The Morgan fingerprint density at radius 1 is 1.29 bits per heavy atom. The summed E-state index contributed by atoms with van der Waals surface area (Å²) in [6.07, 6.45) is -2.44. The Kier molecular flexibility index (Phi) is 4.66. The second-order valence-electron chi connectivity index (χ2n) is 4.14. The number of methoxy groups -OCH3 is 1. The van der Waals surface area contributed by atoms with Crippen LogP contribution < -0.4 is 0 Å². The summed E-state index contributed by atoms with van der Waals surface area (Å²) in [6, 6.07) is 5.42. The van der Waals surface area contributed by atoms with Gasteiger partial charge in [-0.25, -0.2) is 0 Å². The van der Waals surface area contributed by atoms with E-state index in [0.29, 0.717) is 5.56 Å². The maximum atomic E-state index is 11.0. The minimum Gasteiger partial charge on any atom is -0.469 e. The molecule has 1 aromatic carbocycles. The number of aliphatic hydroxyl groups excluding tert-OH is 2. The van der Waals surface area contributed by atoms with Crippen LogP contribution in [0.25, 0.3) is 0 Å². The fraction of sp³-hybridized carbons (Fsp3) is 0.462. The number of aryl methyl sites for hydroxylation is 2. The number of rotatable bonds is 4. The van der Waals surface area contributed by atoms with E-state index in [1.807, 2.05) is 19.9 Å². The van der Waals surface area contributed by atoms with Crippen LogP contribution in [-0.4, -0.2) is 29.4 Å². The molecule has 94 valence electrons. The van der Waals surface area contributed by atoms with Crippen LogP contribution >= 0.6 is 0 Å². The minimum absolute atomic E-state index is 0.218. The van der Waals surface area contributed by atoms with E-state index < -0.39 is 18.2 Å². The van der Waals surface area contributed by atoms with Crippen molar-refractivity contribution in [2.45, 2.75) is 32.5 Å². The molecule has 1 aromatic rings. The third-order valence-electron chi connectivity index (χ3n) is 2.84. The van der Waals surface area contributed by atoms with E-state index in [2.05, 4.69) is 4.74 Å². The van der Waals surface area contributed by atoms with Crippen LogP contribution in [0.5, 0.6) is 0 Å². The Morgan fingerprint density at radius 3 is 2.47 bits per heavy atom. The number of hydrogen-bond acceptors (Lipinski definition) is 4. The Bertz CT molecular complexity index is 400. The molecule has 0 fully saturated rings. The molecule has 4 heteroatoms. The minimum atomic E-state index is -1.15. The van der Waals surface area contributed by atoms with Crippen molar-refractivity contribution in [3.63, 3.8) is 0 Å². The number of carbonyl (C=O) groups excluding carboxylic acids is 1. The zero-order chi connectivity index (χ0) is 13.0. The van der Waals surface area contributed by atoms with Crippen LogP contribution in [-0.2, 0) is 9.53 Å². The molecule has 0 aliphatic heterocycles. The predicted octanol–water partition coefficient (Wildman–Crippen LogP) is 1.26. The van der Waals surface area contributed by atoms with E-state index in [4.69, 9.17) is 0 Å². The predicted molar refractivity (Wildman–Crippen MR) is 63.5 cm³/mol. The summed E-state index contributed by atoms with van der Waals surface area (Å²) in [7, 11) is 1.25. The van der Waals surface area contributed by atoms with Crippen LogP contribution in [0.15, 0.2) is 18.2 Å². The molecule has 1 rings (SSSR count). The molecule has 0 amide bonds. The lowest BCUT2D eigenvalue weighted by Crippen LogP contribution is -2.22. The van der Waals surface area contributed by atoms with Gasteiger partial charge in [-0.2, -0.15) is 0 Å². The first kappa shape index (κ1) is 13.7. The van der Waals surface area contributed by atoms with Gasteiger partial charge in [0, 0.05) is 0 Å². The first-order valence-electron chi connectivity index (χ1n) is 5.45. The van der Waals surface area contributed by atoms with Crippen molar-refractivity contribution in [2.24, 2.45) is 0 Å². The van der Waals surface area contributed by atoms with E-state index in [1.165, 1.54) is 7.11 Å². The van der Waals surface area contributed by atoms with Crippen molar-refractivity contribution < 1.29 is 19.7 Å². The average molecular weight is 238 g/mol. The molecule has 2 atom stereocenters. The van der Waals surface area contributed by atoms with Gasteiger partial charge in [0.1, 0.15) is 6.10 Å². The Morgan fingerprint density at radius 2 is 1.94 bits per heavy atom. The summed E-state index contributed by atoms with van der Waals surface area (Å²) in [5.41, 5.74) is 2.75. The van der Waals surface area contributed by atoms with Crippen LogP contribution in [0.3, 0.4) is 0 Å². The van der Waals surface area contributed by atoms with Gasteiger partial charge in [0.2, 0.25) is 0 Å². The fourth-order valence-electron chi connectivity index (χ4n) is 1.54. The summed E-state index contributed by atoms with van der Waals surface area (Å²) < 4.78 is 4.44. The number of carbonyl (C=O) groups is 1. The second kappa shape index (κ2) is 5.80. The summed E-state index contributed by atoms with van der Waals surface area (Å²) in [6.45, 7) is 3.90. The van der Waals surface area contributed by atoms with Gasteiger partial charge in [-0.1, -0.05) is 18.2 Å². The number of hydrogen-bond donors (Lipinski definition) is 2. The highest BCUT2D eigenvalue weighted by Gasteiger charge is 2.21. The van der Waals surface area contributed by atoms with Crippen molar-refractivity contribution in [2.75, 3.05) is 7.11 Å². The first-order valence-corrected chi connectivity index (χ1v) is 5.45. The zero-order valence-corrected chi connectivity index (χ0v) is 10.3. The lowest BCUT2D eigenvalue weighted by Gasteiger charge is -2.18. The molecule has 0 aliphatic carbocycles. The molecular weight excluding hydrogens is 220 g/mol. The number of esters is 1. The van der Waals surface area contributed by atoms with Crippen LogP contribution in [0.4, 0.5) is 0 Å². The van der Waals surface area contributed by atoms with Crippen molar-refractivity contribution in [3.8, 4) is 0 Å². The van der Waals surface area contributed by atoms with Gasteiger partial charge < -0.3 is 14.9 Å². The fourth-order valence-corrected chi connectivity index (χ4v) is 1.54. The number of aliphatic hydroxyl groups is 2. The van der Waals surface area contributed by atoms with Gasteiger partial charge in [0.15, 0.2) is 0 Å². The Labute approximate surface area is 101 Å². The van der Waals surface area contributed by atoms with Crippen molar-refractivity contribution in [1.82, 2.24) is 0 Å². The first-order chi connectivity index (χ1) is 7.95. The summed E-state index contributed by atoms with van der Waals surface area (Å²) in [4.78, 5) is 11.0. The highest BCUT2D eigenvalue weighted by atomic mass is 16.5. The molecule has 4 nitrogen and oxygen atoms in total. The quantitative estimate of drug-likeness (QED) is 0.775. The molecule has 0 heterocycles. The SMILES string of the molecule is COC(=O)CC(O)C(O)c1ccc(C)c(C)c1. The monoisotopic (exact) mass is 238 g/mol. The summed E-state index contributed by atoms with van der Waals surface area (Å²) in [5.74, 6) is -0.541. The van der Waals surface area contributed by atoms with E-state index in [9.17, 15) is 15.0 Å². The van der Waals surface area contributed by atoms with Crippen LogP contribution in [0, 0.1) is 13.8 Å². The molecule has 2 unspecified atom stereocenters. The Balaban J connectivity index is 2.77. The maximum Gasteiger partial charge on any atom is 0.308 e. The van der Waals surface area contributed by atoms with E-state index in [0.717, 1.165) is 11.1 Å². The van der Waals surface area contributed by atoms with Crippen LogP contribution in [0.2, 0.25) is 0 Å². The molecule has 17 heavy (non-hydrogen) atoms. The maximum absolute atomic E-state index is 11.0. The molecule has 0 saturated heterocycles. The molecule has 0 spiro atoms. The lowest BCUT2D eigenvalue weighted by atomic mass is 9.98. The van der Waals surface area contributed by atoms with Crippen molar-refractivity contribution in [3.05, 3.63) is 34.9 Å². The average Bonchev–Trinajstić information content (AvgIpc) is 2.31. The van der Waals surface area contributed by atoms with Crippen LogP contribution in [0.1, 0.15) is 29.2 Å². The molecule has 0 aromatic heterocycles. The standard InChI is InChI=1S/C13H18O4/c1-8-4-5-10(6-9(8)2)13(16)11(14)7-12(15)17-3/h4-6,11,13-14,16H,7H2,1-3H3. The highest BCUT2D eigenvalue weighted by molar-refractivity contribution is 5.69. The smallest absolute Gasteiger partial charge is 0.308 e. The molecular formula is C13H18O4. The molecule has 0 bridgehead atoms. The zero-order valence-electron chi connectivity index (χ0n) is 10.3. The van der Waals surface area contributed by atoms with Gasteiger partial charge in [-0.15, -0.1) is 0 Å². The number of benzene rings is 1. The molecule has 0 aliphatic rings. The molecule has 2 N–H and O–H groups in total. The number of ether oxygens (including phenoxy) is 1. The van der Waals surface area contributed by atoms with Crippen molar-refractivity contribution in [1.29, 1.82) is 0 Å². The summed E-state index contributed by atoms with van der Waals surface area (Å²) >= 11 is 0. The molecule has 0 saturated carbocycles. The Hall–Kier alpha value is -1.39. The van der Waals surface area contributed by atoms with Gasteiger partial charge in [-0.3, -0.25) is 4.79 Å². The van der Waals surface area contributed by atoms with Gasteiger partial charge >= 0.3 is 5.97 Å². The third kappa shape index (κ3) is 3.54. The van der Waals surface area contributed by atoms with Gasteiger partial charge in [0.25, 0.3) is 0 Å². The van der Waals surface area contributed by atoms with E-state index in [-0.39, 0.29) is 6.42 Å². The van der Waals surface area contributed by atoms with Gasteiger partial charge in [-0.05, 0) is 30.5 Å². The summed E-state index contributed by atoms with van der Waals surface area (Å²) in [5, 5.41) is 19.6. The van der Waals surface area contributed by atoms with Crippen molar-refractivity contribution >= 4 is 5.97 Å². The molecule has 0 radical (unpaired) electrons. The normalized spacial score (nSPS) is 14.2. The third-order valence-corrected chi connectivity index (χ3v) is 2.84. The van der Waals surface area contributed by atoms with E-state index in [1.54, 1.807) is 12.1 Å². The topological polar surface area (TPSA) is 66.8 Å². The highest BCUT2D eigenvalue weighted by Crippen LogP contribution is 2.21. The lowest BCUT2D eigenvalue weighted by molar-refractivity contribution is -0.144. The van der Waals surface area contributed by atoms with E-state index >= 15 is 0 Å².